The maximum Gasteiger partial charge on any atom is 0.406 e. The highest BCUT2D eigenvalue weighted by Crippen LogP contribution is 2.35. The summed E-state index contributed by atoms with van der Waals surface area (Å²) in [5, 5.41) is 9.91. The number of nitrogens with zero attached hydrogens (tertiary/aromatic N) is 4. The van der Waals surface area contributed by atoms with E-state index in [1.807, 2.05) is 11.8 Å². The number of H-pyrrole nitrogens is 1. The molecule has 1 aliphatic rings. The number of aromatic amines is 1. The molecule has 220 valence electrons. The van der Waals surface area contributed by atoms with Crippen LogP contribution in [0.3, 0.4) is 0 Å². The van der Waals surface area contributed by atoms with Crippen LogP contribution in [0.5, 0.6) is 0 Å². The zero-order chi connectivity index (χ0) is 29.1. The van der Waals surface area contributed by atoms with Crippen molar-refractivity contribution in [3.05, 3.63) is 54.2 Å². The number of piperidine rings is 1. The van der Waals surface area contributed by atoms with E-state index in [0.29, 0.717) is 29.6 Å². The van der Waals surface area contributed by atoms with Gasteiger partial charge in [0.25, 0.3) is 5.91 Å². The fourth-order valence-electron chi connectivity index (χ4n) is 5.04. The quantitative estimate of drug-likeness (QED) is 0.235. The lowest BCUT2D eigenvalue weighted by Crippen LogP contribution is -2.47. The van der Waals surface area contributed by atoms with Gasteiger partial charge in [-0.05, 0) is 37.2 Å². The molecule has 1 unspecified atom stereocenters. The maximum absolute atomic E-state index is 14.9. The molecule has 0 saturated carbocycles. The Morgan fingerprint density at radius 1 is 1.29 bits per heavy atom. The van der Waals surface area contributed by atoms with Crippen molar-refractivity contribution in [2.45, 2.75) is 50.9 Å². The molecule has 14 heteroatoms. The third-order valence-electron chi connectivity index (χ3n) is 7.13. The van der Waals surface area contributed by atoms with Gasteiger partial charge in [0.2, 0.25) is 11.7 Å². The van der Waals surface area contributed by atoms with Crippen molar-refractivity contribution in [3.63, 3.8) is 0 Å². The molecule has 1 aliphatic heterocycles. The van der Waals surface area contributed by atoms with Gasteiger partial charge in [-0.3, -0.25) is 4.79 Å². The van der Waals surface area contributed by atoms with Gasteiger partial charge in [-0.1, -0.05) is 18.1 Å². The van der Waals surface area contributed by atoms with Gasteiger partial charge in [0.15, 0.2) is 0 Å². The van der Waals surface area contributed by atoms with Crippen molar-refractivity contribution in [3.8, 4) is 11.5 Å². The van der Waals surface area contributed by atoms with Crippen LogP contribution in [-0.2, 0) is 13.0 Å². The number of nitrogens with one attached hydrogen (secondary N) is 3. The molecule has 0 spiro atoms. The lowest BCUT2D eigenvalue weighted by molar-refractivity contribution is -0.139. The highest BCUT2D eigenvalue weighted by molar-refractivity contribution is 5.96. The summed E-state index contributed by atoms with van der Waals surface area (Å²) in [5.74, 6) is -0.737. The number of rotatable bonds is 10. The normalized spacial score (nSPS) is 19.0. The number of hydrogen-bond donors (Lipinski definition) is 3. The van der Waals surface area contributed by atoms with Crippen LogP contribution in [0.1, 0.15) is 29.6 Å². The maximum atomic E-state index is 14.9. The molecule has 0 radical (unpaired) electrons. The Kier molecular flexibility index (Phi) is 8.29. The fourth-order valence-corrected chi connectivity index (χ4v) is 5.04. The molecule has 0 bridgehead atoms. The van der Waals surface area contributed by atoms with Gasteiger partial charge in [-0.25, -0.2) is 8.78 Å². The van der Waals surface area contributed by atoms with Crippen LogP contribution in [0, 0.1) is 0 Å². The second-order valence-electron chi connectivity index (χ2n) is 10.0. The standard InChI is InChI=1S/C27H30F5N7O2/c1-2-38-9-7-21(19(29)14-38)35-20-4-3-5-22-18(20)11-23(39(22)15-27(30,31)32)25-36-24(41-37-25)10-17(28)13-34-26(40)16-6-8-33-12-16/h3-6,8,11-12,17,19,21,33,35H,2,7,9-10,13-15H2,1H3,(H,34,40)/t17?,19-,21+/m0/s1. The number of aromatic nitrogens is 4. The SMILES string of the molecule is CCN1CC[C@@H](Nc2cccc3c2cc(-c2noc(CC(F)CNC(=O)c4cc[nH]c4)n2)n3CC(F)(F)F)[C@@H](F)C1. The summed E-state index contributed by atoms with van der Waals surface area (Å²) in [6, 6.07) is 7.38. The first-order chi connectivity index (χ1) is 19.6. The highest BCUT2D eigenvalue weighted by Gasteiger charge is 2.32. The number of anilines is 1. The van der Waals surface area contributed by atoms with Crippen LogP contribution < -0.4 is 10.6 Å². The average molecular weight is 580 g/mol. The van der Waals surface area contributed by atoms with E-state index in [9.17, 15) is 26.7 Å². The summed E-state index contributed by atoms with van der Waals surface area (Å²) in [6.07, 6.45) is -4.04. The van der Waals surface area contributed by atoms with Gasteiger partial charge >= 0.3 is 6.18 Å². The molecule has 4 aromatic rings. The van der Waals surface area contributed by atoms with Gasteiger partial charge in [-0.2, -0.15) is 18.2 Å². The van der Waals surface area contributed by atoms with Crippen LogP contribution in [0.25, 0.3) is 22.4 Å². The highest BCUT2D eigenvalue weighted by atomic mass is 19.4. The molecule has 1 saturated heterocycles. The number of fused-ring (bicyclic) bond motifs is 1. The number of benzene rings is 1. The van der Waals surface area contributed by atoms with E-state index in [4.69, 9.17) is 4.52 Å². The van der Waals surface area contributed by atoms with Crippen LogP contribution in [-0.4, -0.2) is 81.2 Å². The Labute approximate surface area is 232 Å². The van der Waals surface area contributed by atoms with Gasteiger partial charge in [0.05, 0.1) is 29.2 Å². The Hall–Kier alpha value is -3.94. The number of hydrogen-bond acceptors (Lipinski definition) is 6. The van der Waals surface area contributed by atoms with Crippen LogP contribution in [0.2, 0.25) is 0 Å². The van der Waals surface area contributed by atoms with Gasteiger partial charge in [0.1, 0.15) is 18.9 Å². The number of amides is 1. The van der Waals surface area contributed by atoms with Gasteiger partial charge in [0, 0.05) is 43.1 Å². The lowest BCUT2D eigenvalue weighted by Gasteiger charge is -2.35. The van der Waals surface area contributed by atoms with E-state index in [1.165, 1.54) is 18.3 Å². The second kappa shape index (κ2) is 11.9. The minimum absolute atomic E-state index is 0.0235. The number of halogens is 5. The van der Waals surface area contributed by atoms with Crippen LogP contribution in [0.4, 0.5) is 27.6 Å². The fraction of sp³-hybridized carbons (Fsp3) is 0.444. The number of alkyl halides is 5. The lowest BCUT2D eigenvalue weighted by atomic mass is 10.0. The van der Waals surface area contributed by atoms with E-state index in [2.05, 4.69) is 25.8 Å². The number of carbonyl (C=O) groups is 1. The molecule has 1 aromatic carbocycles. The Morgan fingerprint density at radius 3 is 2.83 bits per heavy atom. The molecule has 3 aromatic heterocycles. The molecule has 1 fully saturated rings. The third-order valence-corrected chi connectivity index (χ3v) is 7.13. The Bertz CT molecular complexity index is 1470. The summed E-state index contributed by atoms with van der Waals surface area (Å²) in [7, 11) is 0. The number of likely N-dealkylation sites (tertiary alicyclic amines) is 1. The van der Waals surface area contributed by atoms with Crippen LogP contribution in [0.15, 0.2) is 47.2 Å². The van der Waals surface area contributed by atoms with E-state index >= 15 is 0 Å². The largest absolute Gasteiger partial charge is 0.406 e. The van der Waals surface area contributed by atoms with Crippen molar-refractivity contribution >= 4 is 22.5 Å². The van der Waals surface area contributed by atoms with Crippen molar-refractivity contribution < 1.29 is 31.3 Å². The molecule has 3 atom stereocenters. The molecule has 1 amide bonds. The molecule has 9 nitrogen and oxygen atoms in total. The summed E-state index contributed by atoms with van der Waals surface area (Å²) in [5.41, 5.74) is 1.12. The smallest absolute Gasteiger partial charge is 0.379 e. The zero-order valence-electron chi connectivity index (χ0n) is 22.2. The third kappa shape index (κ3) is 6.69. The van der Waals surface area contributed by atoms with Gasteiger partial charge < -0.3 is 29.6 Å². The summed E-state index contributed by atoms with van der Waals surface area (Å²) >= 11 is 0. The topological polar surface area (TPSA) is 104 Å². The molecule has 3 N–H and O–H groups in total. The predicted octanol–water partition coefficient (Wildman–Crippen LogP) is 4.74. The molecule has 5 rings (SSSR count). The molecule has 41 heavy (non-hydrogen) atoms. The molecular formula is C27H30F5N7O2. The van der Waals surface area contributed by atoms with Gasteiger partial charge in [-0.15, -0.1) is 0 Å². The average Bonchev–Trinajstić information content (AvgIpc) is 3.69. The first-order valence-electron chi connectivity index (χ1n) is 13.3. The molecular weight excluding hydrogens is 549 g/mol. The minimum Gasteiger partial charge on any atom is -0.379 e. The van der Waals surface area contributed by atoms with E-state index in [0.717, 1.165) is 11.1 Å². The first-order valence-corrected chi connectivity index (χ1v) is 13.3. The second-order valence-corrected chi connectivity index (χ2v) is 10.0. The van der Waals surface area contributed by atoms with Crippen molar-refractivity contribution in [2.24, 2.45) is 0 Å². The van der Waals surface area contributed by atoms with Crippen molar-refractivity contribution in [1.29, 1.82) is 0 Å². The zero-order valence-corrected chi connectivity index (χ0v) is 22.2. The summed E-state index contributed by atoms with van der Waals surface area (Å²) in [4.78, 5) is 20.9. The Balaban J connectivity index is 1.37. The van der Waals surface area contributed by atoms with Crippen molar-refractivity contribution in [2.75, 3.05) is 31.5 Å². The van der Waals surface area contributed by atoms with E-state index in [1.54, 1.807) is 24.4 Å². The number of carbonyl (C=O) groups excluding carboxylic acids is 1. The molecule has 0 aliphatic carbocycles. The Morgan fingerprint density at radius 2 is 2.12 bits per heavy atom. The minimum atomic E-state index is -4.56. The summed E-state index contributed by atoms with van der Waals surface area (Å²) < 4.78 is 76.5. The molecule has 4 heterocycles. The first kappa shape index (κ1) is 28.6. The predicted molar refractivity (Wildman–Crippen MR) is 142 cm³/mol. The monoisotopic (exact) mass is 579 g/mol. The van der Waals surface area contributed by atoms with Crippen LogP contribution >= 0.6 is 0 Å². The summed E-state index contributed by atoms with van der Waals surface area (Å²) in [6.45, 7) is 2.05. The van der Waals surface area contributed by atoms with Crippen molar-refractivity contribution in [1.82, 2.24) is 29.9 Å². The van der Waals surface area contributed by atoms with E-state index in [-0.39, 0.29) is 42.4 Å². The van der Waals surface area contributed by atoms with E-state index < -0.39 is 37.0 Å².